The molecule has 1 saturated carbocycles. The molecule has 1 amide bonds. The highest BCUT2D eigenvalue weighted by atomic mass is 16.6. The molecule has 0 aromatic carbocycles. The van der Waals surface area contributed by atoms with E-state index in [4.69, 9.17) is 4.74 Å². The maximum Gasteiger partial charge on any atom is 0.407 e. The van der Waals surface area contributed by atoms with Crippen molar-refractivity contribution in [2.45, 2.75) is 89.9 Å². The molecule has 1 aliphatic carbocycles. The van der Waals surface area contributed by atoms with Gasteiger partial charge in [0.2, 0.25) is 0 Å². The Hall–Kier alpha value is -0.810. The third-order valence-electron chi connectivity index (χ3n) is 4.87. The first-order valence-corrected chi connectivity index (χ1v) is 9.30. The molecule has 5 heteroatoms. The molecule has 4 atom stereocenters. The molecule has 0 radical (unpaired) electrons. The summed E-state index contributed by atoms with van der Waals surface area (Å²) < 4.78 is 5.32. The van der Waals surface area contributed by atoms with Crippen LogP contribution in [0.3, 0.4) is 0 Å². The van der Waals surface area contributed by atoms with Gasteiger partial charge < -0.3 is 20.7 Å². The van der Waals surface area contributed by atoms with Crippen molar-refractivity contribution < 1.29 is 9.53 Å². The second-order valence-corrected chi connectivity index (χ2v) is 8.28. The fraction of sp³-hybridized carbons (Fsp3) is 0.944. The number of alkyl carbamates (subject to hydrolysis) is 1. The van der Waals surface area contributed by atoms with Crippen LogP contribution in [0.1, 0.15) is 66.2 Å². The number of amides is 1. The summed E-state index contributed by atoms with van der Waals surface area (Å²) in [5, 5.41) is 10.3. The van der Waals surface area contributed by atoms with Gasteiger partial charge in [-0.1, -0.05) is 6.42 Å². The second-order valence-electron chi connectivity index (χ2n) is 8.28. The molecule has 134 valence electrons. The Morgan fingerprint density at radius 2 is 2.04 bits per heavy atom. The van der Waals surface area contributed by atoms with Gasteiger partial charge in [0.05, 0.1) is 0 Å². The zero-order valence-electron chi connectivity index (χ0n) is 15.3. The first-order valence-electron chi connectivity index (χ1n) is 9.30. The highest BCUT2D eigenvalue weighted by Gasteiger charge is 2.29. The molecule has 3 N–H and O–H groups in total. The summed E-state index contributed by atoms with van der Waals surface area (Å²) in [6.07, 6.45) is 7.15. The molecular weight excluding hydrogens is 290 g/mol. The number of hydrogen-bond donors (Lipinski definition) is 3. The van der Waals surface area contributed by atoms with E-state index < -0.39 is 5.60 Å². The molecule has 1 saturated heterocycles. The van der Waals surface area contributed by atoms with Crippen molar-refractivity contribution in [1.29, 1.82) is 0 Å². The van der Waals surface area contributed by atoms with Gasteiger partial charge in [-0.05, 0) is 72.3 Å². The van der Waals surface area contributed by atoms with Crippen LogP contribution in [0.15, 0.2) is 0 Å². The molecule has 0 spiro atoms. The lowest BCUT2D eigenvalue weighted by Crippen LogP contribution is -2.45. The number of ether oxygens (including phenoxy) is 1. The molecule has 2 aliphatic rings. The van der Waals surface area contributed by atoms with Gasteiger partial charge in [-0.15, -0.1) is 0 Å². The second kappa shape index (κ2) is 8.34. The van der Waals surface area contributed by atoms with Crippen molar-refractivity contribution in [3.8, 4) is 0 Å². The summed E-state index contributed by atoms with van der Waals surface area (Å²) in [5.41, 5.74) is -0.430. The quantitative estimate of drug-likeness (QED) is 0.703. The van der Waals surface area contributed by atoms with Gasteiger partial charge in [0.15, 0.2) is 0 Å². The summed E-state index contributed by atoms with van der Waals surface area (Å²) in [6, 6.07) is 1.72. The fourth-order valence-electron chi connectivity index (χ4n) is 3.85. The third kappa shape index (κ3) is 6.68. The van der Waals surface area contributed by atoms with Crippen molar-refractivity contribution in [1.82, 2.24) is 16.0 Å². The molecule has 2 fully saturated rings. The lowest BCUT2D eigenvalue weighted by atomic mass is 10.0. The van der Waals surface area contributed by atoms with Crippen molar-refractivity contribution in [3.05, 3.63) is 0 Å². The first-order chi connectivity index (χ1) is 10.8. The monoisotopic (exact) mass is 325 g/mol. The Balaban J connectivity index is 1.70. The maximum atomic E-state index is 11.8. The normalized spacial score (nSPS) is 29.5. The van der Waals surface area contributed by atoms with Crippen LogP contribution in [0.2, 0.25) is 0 Å². The van der Waals surface area contributed by atoms with Crippen LogP contribution in [0.4, 0.5) is 4.79 Å². The maximum absolute atomic E-state index is 11.8. The average Bonchev–Trinajstić information content (AvgIpc) is 3.06. The predicted molar refractivity (Wildman–Crippen MR) is 93.6 cm³/mol. The Morgan fingerprint density at radius 1 is 1.26 bits per heavy atom. The van der Waals surface area contributed by atoms with Crippen molar-refractivity contribution >= 4 is 6.09 Å². The van der Waals surface area contributed by atoms with Gasteiger partial charge in [0, 0.05) is 24.7 Å². The van der Waals surface area contributed by atoms with Crippen molar-refractivity contribution in [2.75, 3.05) is 13.1 Å². The number of carbonyl (C=O) groups excluding carboxylic acids is 1. The van der Waals surface area contributed by atoms with Crippen LogP contribution >= 0.6 is 0 Å². The summed E-state index contributed by atoms with van der Waals surface area (Å²) in [7, 11) is 0. The van der Waals surface area contributed by atoms with E-state index in [1.54, 1.807) is 0 Å². The minimum atomic E-state index is -0.430. The lowest BCUT2D eigenvalue weighted by Gasteiger charge is -2.27. The Morgan fingerprint density at radius 3 is 2.70 bits per heavy atom. The fourth-order valence-corrected chi connectivity index (χ4v) is 3.85. The number of rotatable bonds is 6. The van der Waals surface area contributed by atoms with E-state index in [-0.39, 0.29) is 6.09 Å². The molecule has 2 rings (SSSR count). The van der Waals surface area contributed by atoms with Crippen LogP contribution < -0.4 is 16.0 Å². The van der Waals surface area contributed by atoms with Crippen LogP contribution in [0, 0.1) is 5.92 Å². The molecular formula is C18H35N3O2. The largest absolute Gasteiger partial charge is 0.444 e. The van der Waals surface area contributed by atoms with E-state index in [0.717, 1.165) is 0 Å². The third-order valence-corrected chi connectivity index (χ3v) is 4.87. The van der Waals surface area contributed by atoms with Gasteiger partial charge in [-0.2, -0.15) is 0 Å². The zero-order chi connectivity index (χ0) is 16.9. The van der Waals surface area contributed by atoms with Crippen LogP contribution in [-0.4, -0.2) is 42.9 Å². The summed E-state index contributed by atoms with van der Waals surface area (Å²) in [4.78, 5) is 11.8. The zero-order valence-corrected chi connectivity index (χ0v) is 15.3. The molecule has 0 aromatic heterocycles. The van der Waals surface area contributed by atoms with E-state index in [1.165, 1.54) is 45.1 Å². The Labute approximate surface area is 141 Å². The molecule has 5 nitrogen and oxygen atoms in total. The molecule has 4 unspecified atom stereocenters. The number of nitrogens with one attached hydrogen (secondary N) is 3. The minimum Gasteiger partial charge on any atom is -0.444 e. The molecule has 0 bridgehead atoms. The lowest BCUT2D eigenvalue weighted by molar-refractivity contribution is 0.0517. The van der Waals surface area contributed by atoms with Gasteiger partial charge >= 0.3 is 6.09 Å². The smallest absolute Gasteiger partial charge is 0.407 e. The average molecular weight is 325 g/mol. The van der Waals surface area contributed by atoms with Gasteiger partial charge in [0.1, 0.15) is 5.60 Å². The van der Waals surface area contributed by atoms with Gasteiger partial charge in [-0.25, -0.2) is 4.79 Å². The van der Waals surface area contributed by atoms with Crippen LogP contribution in [0.5, 0.6) is 0 Å². The standard InChI is InChI=1S/C18H35N3O2/c1-13(11-15-8-6-10-19-15)21-16-9-5-7-14(16)12-20-17(22)23-18(2,3)4/h13-16,19,21H,5-12H2,1-4H3,(H,20,22). The minimum absolute atomic E-state index is 0.300. The van der Waals surface area contributed by atoms with Crippen LogP contribution in [-0.2, 0) is 4.74 Å². The summed E-state index contributed by atoms with van der Waals surface area (Å²) in [6.45, 7) is 9.85. The van der Waals surface area contributed by atoms with E-state index in [2.05, 4.69) is 22.9 Å². The van der Waals surface area contributed by atoms with E-state index in [0.29, 0.717) is 30.6 Å². The van der Waals surface area contributed by atoms with Crippen molar-refractivity contribution in [2.24, 2.45) is 5.92 Å². The Bertz CT molecular complexity index is 375. The first kappa shape index (κ1) is 18.5. The highest BCUT2D eigenvalue weighted by molar-refractivity contribution is 5.67. The summed E-state index contributed by atoms with van der Waals surface area (Å²) in [5.74, 6) is 0.515. The number of carbonyl (C=O) groups is 1. The molecule has 1 heterocycles. The SMILES string of the molecule is CC(CC1CCCN1)NC1CCCC1CNC(=O)OC(C)(C)C. The Kier molecular flexibility index (Phi) is 6.72. The predicted octanol–water partition coefficient (Wildman–Crippen LogP) is 2.80. The van der Waals surface area contributed by atoms with Crippen LogP contribution in [0.25, 0.3) is 0 Å². The van der Waals surface area contributed by atoms with E-state index >= 15 is 0 Å². The molecule has 23 heavy (non-hydrogen) atoms. The van der Waals surface area contributed by atoms with Gasteiger partial charge in [0.25, 0.3) is 0 Å². The molecule has 0 aromatic rings. The van der Waals surface area contributed by atoms with E-state index in [9.17, 15) is 4.79 Å². The highest BCUT2D eigenvalue weighted by Crippen LogP contribution is 2.26. The van der Waals surface area contributed by atoms with Crippen molar-refractivity contribution in [3.63, 3.8) is 0 Å². The summed E-state index contributed by atoms with van der Waals surface area (Å²) >= 11 is 0. The topological polar surface area (TPSA) is 62.4 Å². The number of hydrogen-bond acceptors (Lipinski definition) is 4. The van der Waals surface area contributed by atoms with E-state index in [1.807, 2.05) is 20.8 Å². The molecule has 1 aliphatic heterocycles. The van der Waals surface area contributed by atoms with Gasteiger partial charge in [-0.3, -0.25) is 0 Å².